The zero-order chi connectivity index (χ0) is 15.5. The lowest BCUT2D eigenvalue weighted by molar-refractivity contribution is 0.0842. The topological polar surface area (TPSA) is 34.1 Å². The van der Waals surface area contributed by atoms with Crippen molar-refractivity contribution in [1.29, 1.82) is 0 Å². The molecule has 2 aromatic rings. The van der Waals surface area contributed by atoms with Crippen LogP contribution in [-0.4, -0.2) is 11.6 Å². The molecule has 112 valence electrons. The summed E-state index contributed by atoms with van der Waals surface area (Å²) in [6.07, 6.45) is 1.61. The molecule has 2 nitrogen and oxygen atoms in total. The number of hydrogen-bond acceptors (Lipinski definition) is 2. The van der Waals surface area contributed by atoms with Crippen LogP contribution in [0, 0.1) is 17.8 Å². The van der Waals surface area contributed by atoms with Gasteiger partial charge < -0.3 is 0 Å². The summed E-state index contributed by atoms with van der Waals surface area (Å²) in [4.78, 5) is 25.3. The second kappa shape index (κ2) is 6.27. The minimum absolute atomic E-state index is 0.0416. The molecule has 0 unspecified atom stereocenters. The van der Waals surface area contributed by atoms with Crippen molar-refractivity contribution in [2.24, 2.45) is 17.8 Å². The number of hydrogen-bond donors (Lipinski definition) is 0. The van der Waals surface area contributed by atoms with E-state index in [0.29, 0.717) is 0 Å². The summed E-state index contributed by atoms with van der Waals surface area (Å²) in [5.74, 6) is 0.369. The lowest BCUT2D eigenvalue weighted by Crippen LogP contribution is -2.24. The van der Waals surface area contributed by atoms with Gasteiger partial charge in [0, 0.05) is 23.0 Å². The average molecular weight is 292 g/mol. The number of rotatable bonds is 4. The molecule has 2 atom stereocenters. The van der Waals surface area contributed by atoms with Crippen molar-refractivity contribution in [2.75, 3.05) is 0 Å². The number of carbonyl (C=O) groups is 2. The molecule has 0 bridgehead atoms. The third-order valence-corrected chi connectivity index (χ3v) is 4.85. The zero-order valence-corrected chi connectivity index (χ0v) is 12.7. The molecule has 0 N–H and O–H groups in total. The van der Waals surface area contributed by atoms with Crippen molar-refractivity contribution in [3.05, 3.63) is 71.8 Å². The van der Waals surface area contributed by atoms with Crippen LogP contribution in [0.1, 0.15) is 40.5 Å². The third-order valence-electron chi connectivity index (χ3n) is 4.85. The first-order valence-electron chi connectivity index (χ1n) is 7.87. The lowest BCUT2D eigenvalue weighted by Gasteiger charge is -2.19. The molecule has 0 aromatic heterocycles. The second-order valence-electron chi connectivity index (χ2n) is 6.11. The average Bonchev–Trinajstić information content (AvgIpc) is 2.96. The number of Topliss-reactive ketones (excluding diaryl/α,β-unsaturated/α-hetero) is 2. The monoisotopic (exact) mass is 292 g/mol. The predicted molar refractivity (Wildman–Crippen MR) is 86.9 cm³/mol. The molecule has 2 heteroatoms. The highest BCUT2D eigenvalue weighted by molar-refractivity contribution is 6.01. The van der Waals surface area contributed by atoms with Crippen LogP contribution in [0.15, 0.2) is 60.7 Å². The smallest absolute Gasteiger partial charge is 0.166 e. The Morgan fingerprint density at radius 1 is 0.727 bits per heavy atom. The van der Waals surface area contributed by atoms with Crippen molar-refractivity contribution in [1.82, 2.24) is 0 Å². The summed E-state index contributed by atoms with van der Waals surface area (Å²) in [6.45, 7) is 2.05. The Morgan fingerprint density at radius 2 is 1.09 bits per heavy atom. The highest BCUT2D eigenvalue weighted by Crippen LogP contribution is 2.40. The quantitative estimate of drug-likeness (QED) is 0.782. The summed E-state index contributed by atoms with van der Waals surface area (Å²) in [5.41, 5.74) is 1.51. The van der Waals surface area contributed by atoms with Crippen LogP contribution < -0.4 is 0 Å². The molecule has 0 spiro atoms. The van der Waals surface area contributed by atoms with E-state index in [1.54, 1.807) is 0 Å². The van der Waals surface area contributed by atoms with E-state index in [1.807, 2.05) is 67.6 Å². The van der Waals surface area contributed by atoms with Gasteiger partial charge in [-0.1, -0.05) is 67.6 Å². The minimum Gasteiger partial charge on any atom is -0.294 e. The van der Waals surface area contributed by atoms with Gasteiger partial charge in [-0.05, 0) is 18.8 Å². The SMILES string of the molecule is CC1[C@@H](C(=O)c2ccccc2)CC[C@@H]1C(=O)c1ccccc1. The molecule has 0 heterocycles. The summed E-state index contributed by atoms with van der Waals surface area (Å²) < 4.78 is 0. The summed E-state index contributed by atoms with van der Waals surface area (Å²) in [5, 5.41) is 0. The molecule has 22 heavy (non-hydrogen) atoms. The molecule has 1 aliphatic carbocycles. The van der Waals surface area contributed by atoms with E-state index in [-0.39, 0.29) is 29.3 Å². The Hall–Kier alpha value is -2.22. The number of ketones is 2. The molecule has 3 rings (SSSR count). The van der Waals surface area contributed by atoms with Crippen molar-refractivity contribution in [2.45, 2.75) is 19.8 Å². The predicted octanol–water partition coefficient (Wildman–Crippen LogP) is 4.41. The second-order valence-corrected chi connectivity index (χ2v) is 6.11. The van der Waals surface area contributed by atoms with E-state index in [9.17, 15) is 9.59 Å². The van der Waals surface area contributed by atoms with Gasteiger partial charge in [-0.15, -0.1) is 0 Å². The van der Waals surface area contributed by atoms with E-state index in [1.165, 1.54) is 0 Å². The first kappa shape index (κ1) is 14.7. The van der Waals surface area contributed by atoms with Crippen LogP contribution in [0.3, 0.4) is 0 Å². The van der Waals surface area contributed by atoms with E-state index >= 15 is 0 Å². The van der Waals surface area contributed by atoms with Gasteiger partial charge in [-0.25, -0.2) is 0 Å². The molecule has 0 amide bonds. The van der Waals surface area contributed by atoms with Crippen molar-refractivity contribution >= 4 is 11.6 Å². The molecule has 0 aliphatic heterocycles. The first-order valence-corrected chi connectivity index (χ1v) is 7.87. The van der Waals surface area contributed by atoms with Gasteiger partial charge in [-0.2, -0.15) is 0 Å². The fourth-order valence-electron chi connectivity index (χ4n) is 3.54. The molecular weight excluding hydrogens is 272 g/mol. The van der Waals surface area contributed by atoms with Gasteiger partial charge in [0.15, 0.2) is 11.6 Å². The van der Waals surface area contributed by atoms with Gasteiger partial charge in [0.05, 0.1) is 0 Å². The molecule has 1 saturated carbocycles. The Kier molecular flexibility index (Phi) is 4.19. The number of carbonyl (C=O) groups excluding carboxylic acids is 2. The van der Waals surface area contributed by atoms with Gasteiger partial charge >= 0.3 is 0 Å². The van der Waals surface area contributed by atoms with Crippen molar-refractivity contribution < 1.29 is 9.59 Å². The van der Waals surface area contributed by atoms with Crippen LogP contribution >= 0.6 is 0 Å². The van der Waals surface area contributed by atoms with Crippen molar-refractivity contribution in [3.8, 4) is 0 Å². The third kappa shape index (κ3) is 2.74. The molecule has 1 fully saturated rings. The Balaban J connectivity index is 1.76. The fraction of sp³-hybridized carbons (Fsp3) is 0.300. The maximum absolute atomic E-state index is 12.7. The molecule has 0 saturated heterocycles. The molecular formula is C20H20O2. The van der Waals surface area contributed by atoms with Crippen LogP contribution in [-0.2, 0) is 0 Å². The highest BCUT2D eigenvalue weighted by Gasteiger charge is 2.40. The van der Waals surface area contributed by atoms with Gasteiger partial charge in [0.25, 0.3) is 0 Å². The normalized spacial score (nSPS) is 21.7. The summed E-state index contributed by atoms with van der Waals surface area (Å²) >= 11 is 0. The minimum atomic E-state index is -0.0416. The van der Waals surface area contributed by atoms with Crippen LogP contribution in [0.4, 0.5) is 0 Å². The first-order chi connectivity index (χ1) is 10.7. The van der Waals surface area contributed by atoms with Gasteiger partial charge in [-0.3, -0.25) is 9.59 Å². The number of benzene rings is 2. The van der Waals surface area contributed by atoms with Crippen LogP contribution in [0.2, 0.25) is 0 Å². The van der Waals surface area contributed by atoms with Crippen LogP contribution in [0.25, 0.3) is 0 Å². The molecule has 1 aliphatic rings. The fourth-order valence-corrected chi connectivity index (χ4v) is 3.54. The molecule has 0 radical (unpaired) electrons. The lowest BCUT2D eigenvalue weighted by atomic mass is 9.83. The largest absolute Gasteiger partial charge is 0.294 e. The summed E-state index contributed by atoms with van der Waals surface area (Å²) in [6, 6.07) is 18.8. The Bertz CT molecular complexity index is 601. The van der Waals surface area contributed by atoms with Gasteiger partial charge in [0.2, 0.25) is 0 Å². The van der Waals surface area contributed by atoms with E-state index in [0.717, 1.165) is 24.0 Å². The highest BCUT2D eigenvalue weighted by atomic mass is 16.1. The maximum Gasteiger partial charge on any atom is 0.166 e. The van der Waals surface area contributed by atoms with E-state index in [4.69, 9.17) is 0 Å². The van der Waals surface area contributed by atoms with E-state index in [2.05, 4.69) is 0 Å². The molecule has 2 aromatic carbocycles. The van der Waals surface area contributed by atoms with Crippen molar-refractivity contribution in [3.63, 3.8) is 0 Å². The van der Waals surface area contributed by atoms with Gasteiger partial charge in [0.1, 0.15) is 0 Å². The summed E-state index contributed by atoms with van der Waals surface area (Å²) in [7, 11) is 0. The van der Waals surface area contributed by atoms with Crippen LogP contribution in [0.5, 0.6) is 0 Å². The maximum atomic E-state index is 12.7. The standard InChI is InChI=1S/C20H20O2/c1-14-17(19(21)15-8-4-2-5-9-15)12-13-18(14)20(22)16-10-6-3-7-11-16/h2-11,14,17-18H,12-13H2,1H3/t17-,18-/m0/s1. The Labute approximate surface area is 131 Å². The van der Waals surface area contributed by atoms with E-state index < -0.39 is 0 Å². The Morgan fingerprint density at radius 3 is 1.45 bits per heavy atom. The zero-order valence-electron chi connectivity index (χ0n) is 12.7.